The summed E-state index contributed by atoms with van der Waals surface area (Å²) in [6.45, 7) is 1.53. The molecule has 1 aliphatic heterocycles. The van der Waals surface area contributed by atoms with Crippen molar-refractivity contribution in [2.24, 2.45) is 5.73 Å². The van der Waals surface area contributed by atoms with Crippen LogP contribution in [0, 0.1) is 0 Å². The lowest BCUT2D eigenvalue weighted by molar-refractivity contribution is -0.161. The highest BCUT2D eigenvalue weighted by atomic mass is 16.6. The first kappa shape index (κ1) is 10.4. The van der Waals surface area contributed by atoms with Crippen molar-refractivity contribution in [1.29, 1.82) is 0 Å². The molecule has 2 rings (SSSR count). The molecule has 1 saturated heterocycles. The Kier molecular flexibility index (Phi) is 3.79. The highest BCUT2D eigenvalue weighted by Crippen LogP contribution is 2.21. The molecule has 0 bridgehead atoms. The second kappa shape index (κ2) is 5.10. The Bertz CT molecular complexity index is 171. The average molecular weight is 199 g/mol. The predicted octanol–water partition coefficient (Wildman–Crippen LogP) is 1.45. The summed E-state index contributed by atoms with van der Waals surface area (Å²) in [5.41, 5.74) is 6.11. The van der Waals surface area contributed by atoms with Crippen molar-refractivity contribution in [3.63, 3.8) is 0 Å². The van der Waals surface area contributed by atoms with Gasteiger partial charge in [0.25, 0.3) is 0 Å². The third-order valence-electron chi connectivity index (χ3n) is 3.23. The Morgan fingerprint density at radius 2 is 1.71 bits per heavy atom. The Labute approximate surface area is 85.9 Å². The van der Waals surface area contributed by atoms with Gasteiger partial charge in [0.1, 0.15) is 6.10 Å². The minimum absolute atomic E-state index is 0.246. The van der Waals surface area contributed by atoms with Gasteiger partial charge in [0.2, 0.25) is 0 Å². The number of hydrogen-bond donors (Lipinski definition) is 1. The fourth-order valence-corrected chi connectivity index (χ4v) is 2.19. The van der Waals surface area contributed by atoms with Crippen molar-refractivity contribution in [3.05, 3.63) is 0 Å². The van der Waals surface area contributed by atoms with Crippen LogP contribution in [0.3, 0.4) is 0 Å². The van der Waals surface area contributed by atoms with E-state index < -0.39 is 0 Å². The lowest BCUT2D eigenvalue weighted by Gasteiger charge is -2.34. The molecule has 1 aliphatic carbocycles. The molecule has 0 aromatic heterocycles. The largest absolute Gasteiger partial charge is 0.376 e. The van der Waals surface area contributed by atoms with Gasteiger partial charge in [0.05, 0.1) is 19.3 Å². The first-order valence-corrected chi connectivity index (χ1v) is 5.85. The summed E-state index contributed by atoms with van der Waals surface area (Å²) in [5, 5.41) is 0. The number of hydrogen-bond acceptors (Lipinski definition) is 3. The zero-order valence-corrected chi connectivity index (χ0v) is 8.78. The molecular formula is C11H21NO2. The van der Waals surface area contributed by atoms with Crippen LogP contribution in [0.15, 0.2) is 0 Å². The van der Waals surface area contributed by atoms with Crippen LogP contribution in [-0.2, 0) is 9.47 Å². The molecule has 0 aromatic rings. The van der Waals surface area contributed by atoms with E-state index in [1.807, 2.05) is 0 Å². The first-order valence-electron chi connectivity index (χ1n) is 5.85. The van der Waals surface area contributed by atoms with Crippen molar-refractivity contribution in [2.75, 3.05) is 13.2 Å². The third-order valence-corrected chi connectivity index (χ3v) is 3.23. The molecule has 2 fully saturated rings. The monoisotopic (exact) mass is 199 g/mol. The van der Waals surface area contributed by atoms with E-state index in [4.69, 9.17) is 15.2 Å². The fraction of sp³-hybridized carbons (Fsp3) is 1.00. The lowest BCUT2D eigenvalue weighted by Crippen LogP contribution is -2.45. The molecule has 0 amide bonds. The molecule has 3 nitrogen and oxygen atoms in total. The Hall–Kier alpha value is -0.120. The zero-order valence-electron chi connectivity index (χ0n) is 8.78. The maximum atomic E-state index is 6.11. The van der Waals surface area contributed by atoms with E-state index >= 15 is 0 Å². The second-order valence-corrected chi connectivity index (χ2v) is 4.49. The minimum Gasteiger partial charge on any atom is -0.376 e. The van der Waals surface area contributed by atoms with Gasteiger partial charge in [0.15, 0.2) is 0 Å². The van der Waals surface area contributed by atoms with Crippen LogP contribution in [0.25, 0.3) is 0 Å². The van der Waals surface area contributed by atoms with Gasteiger partial charge in [-0.1, -0.05) is 25.7 Å². The van der Waals surface area contributed by atoms with E-state index in [-0.39, 0.29) is 12.1 Å². The van der Waals surface area contributed by atoms with Crippen molar-refractivity contribution >= 4 is 0 Å². The summed E-state index contributed by atoms with van der Waals surface area (Å²) >= 11 is 0. The Morgan fingerprint density at radius 1 is 1.00 bits per heavy atom. The highest BCUT2D eigenvalue weighted by Gasteiger charge is 2.27. The minimum atomic E-state index is 0.246. The molecular weight excluding hydrogens is 178 g/mol. The topological polar surface area (TPSA) is 44.5 Å². The SMILES string of the molecule is NC1CCCCCCC1OC1COC1. The van der Waals surface area contributed by atoms with Crippen LogP contribution in [-0.4, -0.2) is 31.5 Å². The zero-order chi connectivity index (χ0) is 9.80. The molecule has 3 heteroatoms. The second-order valence-electron chi connectivity index (χ2n) is 4.49. The summed E-state index contributed by atoms with van der Waals surface area (Å²) in [4.78, 5) is 0. The summed E-state index contributed by atoms with van der Waals surface area (Å²) in [6, 6.07) is 0.246. The van der Waals surface area contributed by atoms with Crippen LogP contribution in [0.1, 0.15) is 38.5 Å². The molecule has 2 atom stereocenters. The van der Waals surface area contributed by atoms with Gasteiger partial charge in [-0.25, -0.2) is 0 Å². The third kappa shape index (κ3) is 2.69. The van der Waals surface area contributed by atoms with E-state index in [9.17, 15) is 0 Å². The maximum absolute atomic E-state index is 6.11. The van der Waals surface area contributed by atoms with E-state index in [1.165, 1.54) is 25.7 Å². The van der Waals surface area contributed by atoms with Gasteiger partial charge in [-0.05, 0) is 12.8 Å². The van der Waals surface area contributed by atoms with Crippen LogP contribution < -0.4 is 5.73 Å². The van der Waals surface area contributed by atoms with E-state index in [1.54, 1.807) is 0 Å². The van der Waals surface area contributed by atoms with Crippen molar-refractivity contribution in [2.45, 2.75) is 56.8 Å². The Balaban J connectivity index is 1.78. The fourth-order valence-electron chi connectivity index (χ4n) is 2.19. The summed E-state index contributed by atoms with van der Waals surface area (Å²) in [5.74, 6) is 0. The summed E-state index contributed by atoms with van der Waals surface area (Å²) in [7, 11) is 0. The molecule has 2 N–H and O–H groups in total. The van der Waals surface area contributed by atoms with Gasteiger partial charge in [-0.15, -0.1) is 0 Å². The van der Waals surface area contributed by atoms with Crippen LogP contribution >= 0.6 is 0 Å². The van der Waals surface area contributed by atoms with Gasteiger partial charge in [-0.2, -0.15) is 0 Å². The van der Waals surface area contributed by atoms with E-state index in [2.05, 4.69) is 0 Å². The van der Waals surface area contributed by atoms with Crippen molar-refractivity contribution in [1.82, 2.24) is 0 Å². The molecule has 2 unspecified atom stereocenters. The highest BCUT2D eigenvalue weighted by molar-refractivity contribution is 4.79. The van der Waals surface area contributed by atoms with E-state index in [0.717, 1.165) is 26.1 Å². The van der Waals surface area contributed by atoms with Crippen molar-refractivity contribution < 1.29 is 9.47 Å². The number of nitrogens with two attached hydrogens (primary N) is 1. The molecule has 0 spiro atoms. The van der Waals surface area contributed by atoms with Crippen LogP contribution in [0.4, 0.5) is 0 Å². The molecule has 1 heterocycles. The average Bonchev–Trinajstić information content (AvgIpc) is 2.08. The van der Waals surface area contributed by atoms with Crippen molar-refractivity contribution in [3.8, 4) is 0 Å². The smallest absolute Gasteiger partial charge is 0.105 e. The van der Waals surface area contributed by atoms with Crippen LogP contribution in [0.2, 0.25) is 0 Å². The predicted molar refractivity (Wildman–Crippen MR) is 55.2 cm³/mol. The quantitative estimate of drug-likeness (QED) is 0.732. The molecule has 0 aromatic carbocycles. The molecule has 0 radical (unpaired) electrons. The molecule has 82 valence electrons. The lowest BCUT2D eigenvalue weighted by atomic mass is 9.94. The number of rotatable bonds is 2. The molecule has 1 saturated carbocycles. The van der Waals surface area contributed by atoms with Gasteiger partial charge in [-0.3, -0.25) is 0 Å². The number of ether oxygens (including phenoxy) is 2. The maximum Gasteiger partial charge on any atom is 0.105 e. The van der Waals surface area contributed by atoms with Gasteiger partial charge >= 0.3 is 0 Å². The van der Waals surface area contributed by atoms with Gasteiger partial charge in [0, 0.05) is 6.04 Å². The van der Waals surface area contributed by atoms with E-state index in [0.29, 0.717) is 6.10 Å². The van der Waals surface area contributed by atoms with Gasteiger partial charge < -0.3 is 15.2 Å². The summed E-state index contributed by atoms with van der Waals surface area (Å²) in [6.07, 6.45) is 8.08. The first-order chi connectivity index (χ1) is 6.86. The normalized spacial score (nSPS) is 35.8. The standard InChI is InChI=1S/C11H21NO2/c12-10-5-3-1-2-4-6-11(10)14-9-7-13-8-9/h9-11H,1-8,12H2. The summed E-state index contributed by atoms with van der Waals surface area (Å²) < 4.78 is 11.0. The Morgan fingerprint density at radius 3 is 2.36 bits per heavy atom. The molecule has 14 heavy (non-hydrogen) atoms. The van der Waals surface area contributed by atoms with Crippen LogP contribution in [0.5, 0.6) is 0 Å². The molecule has 2 aliphatic rings.